The molecule has 0 radical (unpaired) electrons. The van der Waals surface area contributed by atoms with E-state index in [0.29, 0.717) is 12.6 Å². The van der Waals surface area contributed by atoms with Crippen LogP contribution >= 0.6 is 0 Å². The van der Waals surface area contributed by atoms with Crippen LogP contribution in [-0.4, -0.2) is 75.9 Å². The third-order valence-electron chi connectivity index (χ3n) is 5.40. The second-order valence-electron chi connectivity index (χ2n) is 8.09. The van der Waals surface area contributed by atoms with Crippen LogP contribution in [0.5, 0.6) is 0 Å². The molecule has 176 valence electrons. The van der Waals surface area contributed by atoms with Gasteiger partial charge in [0.05, 0.1) is 12.2 Å². The zero-order valence-electron chi connectivity index (χ0n) is 18.7. The van der Waals surface area contributed by atoms with Crippen molar-refractivity contribution >= 4 is 11.9 Å². The number of nitrogens with one attached hydrogen (secondary N) is 1. The quantitative estimate of drug-likeness (QED) is 0.740. The van der Waals surface area contributed by atoms with Gasteiger partial charge >= 0.3 is 12.1 Å². The van der Waals surface area contributed by atoms with Crippen LogP contribution < -0.4 is 0 Å². The van der Waals surface area contributed by atoms with Crippen molar-refractivity contribution < 1.29 is 27.9 Å². The van der Waals surface area contributed by atoms with Crippen LogP contribution in [0.3, 0.4) is 0 Å². The maximum Gasteiger partial charge on any atom is 0.490 e. The smallest absolute Gasteiger partial charge is 0.475 e. The number of carbonyl (C=O) groups is 2. The van der Waals surface area contributed by atoms with E-state index in [1.165, 1.54) is 16.8 Å². The molecule has 1 aromatic heterocycles. The van der Waals surface area contributed by atoms with Gasteiger partial charge in [0, 0.05) is 42.4 Å². The van der Waals surface area contributed by atoms with Crippen LogP contribution in [0.1, 0.15) is 30.7 Å². The number of aliphatic carboxylic acids is 1. The molecule has 7 nitrogen and oxygen atoms in total. The monoisotopic (exact) mass is 454 g/mol. The van der Waals surface area contributed by atoms with Crippen LogP contribution in [0.15, 0.2) is 24.3 Å². The van der Waals surface area contributed by atoms with Crippen molar-refractivity contribution in [1.82, 2.24) is 20.0 Å². The molecule has 1 aliphatic rings. The molecular weight excluding hydrogens is 425 g/mol. The zero-order valence-corrected chi connectivity index (χ0v) is 18.7. The second kappa shape index (κ2) is 10.6. The minimum atomic E-state index is -5.08. The van der Waals surface area contributed by atoms with Crippen molar-refractivity contribution in [3.63, 3.8) is 0 Å². The Morgan fingerprint density at radius 2 is 1.75 bits per heavy atom. The molecule has 0 bridgehead atoms. The topological polar surface area (TPSA) is 89.5 Å². The molecule has 0 spiro atoms. The van der Waals surface area contributed by atoms with Crippen molar-refractivity contribution in [1.29, 1.82) is 0 Å². The molecule has 0 unspecified atom stereocenters. The summed E-state index contributed by atoms with van der Waals surface area (Å²) in [6.45, 7) is 8.31. The first kappa shape index (κ1) is 25.4. The van der Waals surface area contributed by atoms with Crippen LogP contribution in [0.2, 0.25) is 0 Å². The largest absolute Gasteiger partial charge is 0.490 e. The normalized spacial score (nSPS) is 14.0. The van der Waals surface area contributed by atoms with Crippen molar-refractivity contribution in [2.45, 2.75) is 45.8 Å². The van der Waals surface area contributed by atoms with Gasteiger partial charge < -0.3 is 10.0 Å². The summed E-state index contributed by atoms with van der Waals surface area (Å²) < 4.78 is 31.7. The van der Waals surface area contributed by atoms with E-state index in [2.05, 4.69) is 60.1 Å². The van der Waals surface area contributed by atoms with Gasteiger partial charge in [-0.15, -0.1) is 0 Å². The van der Waals surface area contributed by atoms with Crippen LogP contribution in [0.4, 0.5) is 13.2 Å². The molecule has 0 atom stereocenters. The summed E-state index contributed by atoms with van der Waals surface area (Å²) in [6, 6.07) is 8.85. The molecule has 2 aromatic rings. The van der Waals surface area contributed by atoms with Gasteiger partial charge in [0.2, 0.25) is 5.91 Å². The molecule has 0 aliphatic carbocycles. The van der Waals surface area contributed by atoms with Crippen LogP contribution in [0, 0.1) is 6.92 Å². The fraction of sp³-hybridized carbons (Fsp3) is 0.500. The van der Waals surface area contributed by atoms with Crippen LogP contribution in [0.25, 0.3) is 11.3 Å². The molecule has 1 aromatic carbocycles. The van der Waals surface area contributed by atoms with Gasteiger partial charge in [0.1, 0.15) is 0 Å². The van der Waals surface area contributed by atoms with Gasteiger partial charge in [0.15, 0.2) is 0 Å². The Hall–Kier alpha value is -2.88. The van der Waals surface area contributed by atoms with E-state index in [9.17, 15) is 18.0 Å². The molecule has 2 N–H and O–H groups in total. The number of hydrogen-bond acceptors (Lipinski definition) is 4. The average Bonchev–Trinajstić information content (AvgIpc) is 2.99. The lowest BCUT2D eigenvalue weighted by molar-refractivity contribution is -0.192. The van der Waals surface area contributed by atoms with Crippen molar-refractivity contribution in [2.24, 2.45) is 0 Å². The van der Waals surface area contributed by atoms with E-state index in [4.69, 9.17) is 9.90 Å². The van der Waals surface area contributed by atoms with E-state index >= 15 is 0 Å². The fourth-order valence-electron chi connectivity index (χ4n) is 3.18. The predicted molar refractivity (Wildman–Crippen MR) is 114 cm³/mol. The van der Waals surface area contributed by atoms with Crippen molar-refractivity contribution in [3.05, 3.63) is 41.1 Å². The van der Waals surface area contributed by atoms with Crippen LogP contribution in [-0.2, 0) is 22.4 Å². The molecule has 1 amide bonds. The highest BCUT2D eigenvalue weighted by Gasteiger charge is 2.38. The minimum Gasteiger partial charge on any atom is -0.475 e. The molecule has 0 saturated heterocycles. The Balaban J connectivity index is 0.000000451. The minimum absolute atomic E-state index is 0.214. The van der Waals surface area contributed by atoms with Crippen molar-refractivity contribution in [2.75, 3.05) is 26.7 Å². The zero-order chi connectivity index (χ0) is 24.1. The number of carbonyl (C=O) groups excluding carboxylic acids is 1. The van der Waals surface area contributed by atoms with E-state index in [1.54, 1.807) is 0 Å². The first-order valence-electron chi connectivity index (χ1n) is 10.3. The molecule has 2 heterocycles. The lowest BCUT2D eigenvalue weighted by Gasteiger charge is -2.26. The number of fused-ring (bicyclic) bond motifs is 1. The first-order valence-corrected chi connectivity index (χ1v) is 10.3. The highest BCUT2D eigenvalue weighted by atomic mass is 19.4. The van der Waals surface area contributed by atoms with E-state index in [1.807, 2.05) is 11.9 Å². The van der Waals surface area contributed by atoms with Gasteiger partial charge in [-0.1, -0.05) is 29.8 Å². The number of carboxylic acids is 1. The number of benzene rings is 1. The number of alkyl halides is 3. The van der Waals surface area contributed by atoms with E-state index in [-0.39, 0.29) is 5.91 Å². The number of aromatic amines is 1. The summed E-state index contributed by atoms with van der Waals surface area (Å²) in [6.07, 6.45) is -3.39. The Kier molecular flexibility index (Phi) is 8.43. The Morgan fingerprint density at radius 1 is 1.19 bits per heavy atom. The number of nitrogens with zero attached hydrogens (tertiary/aromatic N) is 3. The molecule has 0 fully saturated rings. The van der Waals surface area contributed by atoms with Gasteiger partial charge in [-0.3, -0.25) is 14.8 Å². The molecule has 1 aliphatic heterocycles. The number of likely N-dealkylation sites (N-methyl/N-ethyl adjacent to an activating group) is 1. The number of rotatable bonds is 4. The van der Waals surface area contributed by atoms with Gasteiger partial charge in [-0.05, 0) is 34.2 Å². The molecule has 0 saturated carbocycles. The Bertz CT molecular complexity index is 923. The summed E-state index contributed by atoms with van der Waals surface area (Å²) in [4.78, 5) is 25.6. The van der Waals surface area contributed by atoms with Gasteiger partial charge in [0.25, 0.3) is 0 Å². The first-order chi connectivity index (χ1) is 14.9. The van der Waals surface area contributed by atoms with Gasteiger partial charge in [-0.25, -0.2) is 4.79 Å². The standard InChI is InChI=1S/C20H28N4O.C2HF3O2/c1-14(2)23(4)13-19(25)24-11-9-17-18(10-12-24)21-22-20(17)16-7-5-15(3)6-8-16;3-2(4,5)1(6)7/h5-8,14H,9-13H2,1-4H3,(H,21,22);(H,6,7). The lowest BCUT2D eigenvalue weighted by atomic mass is 10.0. The average molecular weight is 454 g/mol. The number of H-pyrrole nitrogens is 1. The number of halogens is 3. The summed E-state index contributed by atoms with van der Waals surface area (Å²) in [7, 11) is 2.00. The maximum absolute atomic E-state index is 12.6. The molecular formula is C22H29F3N4O3. The van der Waals surface area contributed by atoms with E-state index in [0.717, 1.165) is 37.2 Å². The van der Waals surface area contributed by atoms with Crippen molar-refractivity contribution in [3.8, 4) is 11.3 Å². The molecule has 10 heteroatoms. The van der Waals surface area contributed by atoms with Gasteiger partial charge in [-0.2, -0.15) is 18.3 Å². The highest BCUT2D eigenvalue weighted by Crippen LogP contribution is 2.27. The predicted octanol–water partition coefficient (Wildman–Crippen LogP) is 3.29. The maximum atomic E-state index is 12.6. The third kappa shape index (κ3) is 6.81. The fourth-order valence-corrected chi connectivity index (χ4v) is 3.18. The second-order valence-corrected chi connectivity index (χ2v) is 8.09. The molecule has 32 heavy (non-hydrogen) atoms. The summed E-state index contributed by atoms with van der Waals surface area (Å²) in [5.74, 6) is -2.54. The number of aryl methyl sites for hydroxylation is 1. The summed E-state index contributed by atoms with van der Waals surface area (Å²) in [5.41, 5.74) is 5.85. The third-order valence-corrected chi connectivity index (χ3v) is 5.40. The number of carboxylic acid groups (broad SMARTS) is 1. The summed E-state index contributed by atoms with van der Waals surface area (Å²) >= 11 is 0. The SMILES string of the molecule is Cc1ccc(-c2n[nH]c3c2CCN(C(=O)CN(C)C(C)C)CC3)cc1.O=C(O)C(F)(F)F. The molecule has 3 rings (SSSR count). The number of hydrogen-bond donors (Lipinski definition) is 2. The number of aromatic nitrogens is 2. The Morgan fingerprint density at radius 3 is 2.28 bits per heavy atom. The number of amides is 1. The van der Waals surface area contributed by atoms with E-state index < -0.39 is 12.1 Å². The highest BCUT2D eigenvalue weighted by molar-refractivity contribution is 5.78. The lowest BCUT2D eigenvalue weighted by Crippen LogP contribution is -2.42. The Labute approximate surface area is 185 Å². The summed E-state index contributed by atoms with van der Waals surface area (Å²) in [5, 5.41) is 14.9.